The summed E-state index contributed by atoms with van der Waals surface area (Å²) in [5.41, 5.74) is 0.534. The number of para-hydroxylation sites is 1. The second kappa shape index (κ2) is 5.79. The minimum atomic E-state index is -4.40. The number of aromatic nitrogens is 2. The van der Waals surface area contributed by atoms with Crippen molar-refractivity contribution in [2.75, 3.05) is 10.6 Å². The number of halogens is 3. The normalized spacial score (nSPS) is 22.8. The Labute approximate surface area is 142 Å². The number of hydrogen-bond donors (Lipinski definition) is 2. The summed E-state index contributed by atoms with van der Waals surface area (Å²) < 4.78 is 41.2. The molecule has 1 aliphatic heterocycles. The van der Waals surface area contributed by atoms with E-state index in [2.05, 4.69) is 15.7 Å². The number of carbonyl (C=O) groups is 1. The summed E-state index contributed by atoms with van der Waals surface area (Å²) in [7, 11) is 0. The zero-order valence-corrected chi connectivity index (χ0v) is 13.3. The van der Waals surface area contributed by atoms with Gasteiger partial charge in [-0.05, 0) is 37.3 Å². The topological polar surface area (TPSA) is 59.0 Å². The predicted octanol–water partition coefficient (Wildman–Crippen LogP) is 3.83. The van der Waals surface area contributed by atoms with Crippen LogP contribution in [0.4, 0.5) is 24.7 Å². The van der Waals surface area contributed by atoms with E-state index in [0.717, 1.165) is 17.5 Å². The maximum Gasteiger partial charge on any atom is 0.410 e. The van der Waals surface area contributed by atoms with Crippen molar-refractivity contribution in [3.63, 3.8) is 0 Å². The van der Waals surface area contributed by atoms with Gasteiger partial charge in [-0.25, -0.2) is 4.68 Å². The zero-order chi connectivity index (χ0) is 17.6. The Hall–Kier alpha value is -2.51. The van der Waals surface area contributed by atoms with Gasteiger partial charge < -0.3 is 10.6 Å². The van der Waals surface area contributed by atoms with Gasteiger partial charge in [0.05, 0.1) is 0 Å². The first-order valence-electron chi connectivity index (χ1n) is 8.21. The molecule has 8 heteroatoms. The van der Waals surface area contributed by atoms with Crippen molar-refractivity contribution in [2.24, 2.45) is 5.92 Å². The Bertz CT molecular complexity index is 783. The number of anilines is 2. The van der Waals surface area contributed by atoms with Gasteiger partial charge in [0, 0.05) is 17.8 Å². The molecular formula is C17H17F3N4O. The summed E-state index contributed by atoms with van der Waals surface area (Å²) in [5.74, 6) is -0.00224. The summed E-state index contributed by atoms with van der Waals surface area (Å²) in [6, 6.07) is 8.20. The van der Waals surface area contributed by atoms with Crippen LogP contribution in [0, 0.1) is 5.92 Å². The van der Waals surface area contributed by atoms with Crippen LogP contribution in [0.15, 0.2) is 36.4 Å². The molecular weight excluding hydrogens is 333 g/mol. The van der Waals surface area contributed by atoms with Crippen molar-refractivity contribution >= 4 is 17.4 Å². The van der Waals surface area contributed by atoms with Gasteiger partial charge in [0.15, 0.2) is 11.7 Å². The van der Waals surface area contributed by atoms with Gasteiger partial charge in [0.25, 0.3) is 5.91 Å². The first-order valence-corrected chi connectivity index (χ1v) is 8.21. The molecule has 1 saturated carbocycles. The van der Waals surface area contributed by atoms with E-state index in [1.165, 1.54) is 6.07 Å². The van der Waals surface area contributed by atoms with E-state index >= 15 is 0 Å². The van der Waals surface area contributed by atoms with Crippen molar-refractivity contribution in [1.29, 1.82) is 0 Å². The van der Waals surface area contributed by atoms with E-state index in [1.807, 2.05) is 0 Å². The molecule has 2 aromatic rings. The number of benzene rings is 1. The molecule has 0 unspecified atom stereocenters. The highest BCUT2D eigenvalue weighted by molar-refractivity contribution is 6.03. The van der Waals surface area contributed by atoms with Crippen LogP contribution in [0.25, 0.3) is 0 Å². The molecule has 1 aromatic heterocycles. The second-order valence-corrected chi connectivity index (χ2v) is 6.56. The largest absolute Gasteiger partial charge is 0.410 e. The fourth-order valence-electron chi connectivity index (χ4n) is 3.24. The van der Waals surface area contributed by atoms with E-state index in [1.54, 1.807) is 30.3 Å². The number of alkyl halides is 3. The van der Waals surface area contributed by atoms with Gasteiger partial charge in [0.2, 0.25) is 0 Å². The summed E-state index contributed by atoms with van der Waals surface area (Å²) in [5, 5.41) is 9.70. The van der Waals surface area contributed by atoms with E-state index in [9.17, 15) is 18.0 Å². The van der Waals surface area contributed by atoms with Crippen molar-refractivity contribution in [3.05, 3.63) is 42.1 Å². The third-order valence-corrected chi connectivity index (χ3v) is 4.67. The monoisotopic (exact) mass is 350 g/mol. The number of amides is 1. The molecule has 132 valence electrons. The molecule has 0 saturated heterocycles. The molecule has 2 heterocycles. The third kappa shape index (κ3) is 3.20. The maximum absolute atomic E-state index is 13.4. The lowest BCUT2D eigenvalue weighted by atomic mass is 10.0. The molecule has 0 spiro atoms. The molecule has 1 amide bonds. The molecule has 25 heavy (non-hydrogen) atoms. The molecule has 1 aromatic carbocycles. The number of carbonyl (C=O) groups excluding carboxylic acids is 1. The van der Waals surface area contributed by atoms with Gasteiger partial charge in [-0.2, -0.15) is 18.3 Å². The highest BCUT2D eigenvalue weighted by atomic mass is 19.4. The lowest BCUT2D eigenvalue weighted by Crippen LogP contribution is -2.40. The standard InChI is InChI=1S/C17H17F3N4O/c18-17(19,20)14-8-12(10-6-7-10)22-15-9-13(23-24(14)15)16(25)21-11-4-2-1-3-5-11/h1-5,9-10,12,14,22H,6-8H2,(H,21,25)/t12-,14-/m1/s1. The van der Waals surface area contributed by atoms with Crippen molar-refractivity contribution < 1.29 is 18.0 Å². The van der Waals surface area contributed by atoms with Gasteiger partial charge in [-0.3, -0.25) is 4.79 Å². The van der Waals surface area contributed by atoms with Crippen LogP contribution < -0.4 is 10.6 Å². The molecule has 2 atom stereocenters. The SMILES string of the molecule is O=C(Nc1ccccc1)c1cc2n(n1)[C@@H](C(F)(F)F)C[C@H](C1CC1)N2. The van der Waals surface area contributed by atoms with E-state index in [-0.39, 0.29) is 29.9 Å². The average Bonchev–Trinajstić information content (AvgIpc) is 3.32. The van der Waals surface area contributed by atoms with Crippen molar-refractivity contribution in [3.8, 4) is 0 Å². The molecule has 2 aliphatic rings. The van der Waals surface area contributed by atoms with Gasteiger partial charge >= 0.3 is 6.18 Å². The minimum Gasteiger partial charge on any atom is -0.367 e. The quantitative estimate of drug-likeness (QED) is 0.884. The van der Waals surface area contributed by atoms with Crippen molar-refractivity contribution in [2.45, 2.75) is 37.5 Å². The molecule has 4 rings (SSSR count). The van der Waals surface area contributed by atoms with E-state index in [0.29, 0.717) is 5.69 Å². The molecule has 0 radical (unpaired) electrons. The van der Waals surface area contributed by atoms with Crippen LogP contribution >= 0.6 is 0 Å². The van der Waals surface area contributed by atoms with Crippen molar-refractivity contribution in [1.82, 2.24) is 9.78 Å². The van der Waals surface area contributed by atoms with Crippen LogP contribution in [-0.2, 0) is 0 Å². The molecule has 1 fully saturated rings. The maximum atomic E-state index is 13.4. The highest BCUT2D eigenvalue weighted by Gasteiger charge is 2.49. The lowest BCUT2D eigenvalue weighted by molar-refractivity contribution is -0.174. The van der Waals surface area contributed by atoms with Gasteiger partial charge in [-0.1, -0.05) is 18.2 Å². The Morgan fingerprint density at radius 3 is 2.60 bits per heavy atom. The Balaban J connectivity index is 1.61. The minimum absolute atomic E-state index is 0.0305. The number of nitrogens with zero attached hydrogens (tertiary/aromatic N) is 2. The van der Waals surface area contributed by atoms with Crippen LogP contribution in [0.5, 0.6) is 0 Å². The molecule has 0 bridgehead atoms. The third-order valence-electron chi connectivity index (χ3n) is 4.67. The number of fused-ring (bicyclic) bond motifs is 1. The fourth-order valence-corrected chi connectivity index (χ4v) is 3.24. The number of rotatable bonds is 3. The van der Waals surface area contributed by atoms with E-state index in [4.69, 9.17) is 0 Å². The number of hydrogen-bond acceptors (Lipinski definition) is 3. The Morgan fingerprint density at radius 2 is 1.96 bits per heavy atom. The summed E-state index contributed by atoms with van der Waals surface area (Å²) in [6.45, 7) is 0. The Morgan fingerprint density at radius 1 is 1.24 bits per heavy atom. The predicted molar refractivity (Wildman–Crippen MR) is 86.5 cm³/mol. The molecule has 1 aliphatic carbocycles. The lowest BCUT2D eigenvalue weighted by Gasteiger charge is -2.33. The van der Waals surface area contributed by atoms with Crippen LogP contribution in [0.2, 0.25) is 0 Å². The zero-order valence-electron chi connectivity index (χ0n) is 13.3. The fraction of sp³-hybridized carbons (Fsp3) is 0.412. The van der Waals surface area contributed by atoms with Gasteiger partial charge in [-0.15, -0.1) is 0 Å². The summed E-state index contributed by atoms with van der Waals surface area (Å²) in [6.07, 6.45) is -2.57. The highest BCUT2D eigenvalue weighted by Crippen LogP contribution is 2.45. The Kier molecular flexibility index (Phi) is 3.70. The first-order chi connectivity index (χ1) is 11.9. The van der Waals surface area contributed by atoms with E-state index < -0.39 is 18.1 Å². The molecule has 5 nitrogen and oxygen atoms in total. The second-order valence-electron chi connectivity index (χ2n) is 6.56. The molecule has 2 N–H and O–H groups in total. The van der Waals surface area contributed by atoms with Gasteiger partial charge in [0.1, 0.15) is 5.82 Å². The number of nitrogens with one attached hydrogen (secondary N) is 2. The van der Waals surface area contributed by atoms with Crippen LogP contribution in [-0.4, -0.2) is 27.9 Å². The smallest absolute Gasteiger partial charge is 0.367 e. The average molecular weight is 350 g/mol. The van der Waals surface area contributed by atoms with Crippen LogP contribution in [0.1, 0.15) is 35.8 Å². The summed E-state index contributed by atoms with van der Waals surface area (Å²) in [4.78, 5) is 12.3. The summed E-state index contributed by atoms with van der Waals surface area (Å²) >= 11 is 0. The van der Waals surface area contributed by atoms with Crippen LogP contribution in [0.3, 0.4) is 0 Å². The first kappa shape index (κ1) is 16.0.